The predicted molar refractivity (Wildman–Crippen MR) is 150 cm³/mol. The van der Waals surface area contributed by atoms with Crippen LogP contribution in [0.4, 0.5) is 0 Å². The molecule has 1 fully saturated rings. The Morgan fingerprint density at radius 1 is 1.16 bits per heavy atom. The van der Waals surface area contributed by atoms with Gasteiger partial charge in [0.1, 0.15) is 5.75 Å². The molecule has 3 heterocycles. The number of ether oxygens (including phenoxy) is 1. The molecule has 2 N–H and O–H groups in total. The standard InChI is InChI=1S/C30H40N4O4/c1-18-16-25(38-7)23(27(35)32-18)17-31-28(36)26-20(3)34(24-11-9-8-10-22(24)26)19(2)21-12-14-33(15-13-21)29(37)30(4,5)6/h8-11,16,19,21H,12-15,17H2,1-7H3,(H,31,36)(H,32,35)/t19-/m1/s1. The summed E-state index contributed by atoms with van der Waals surface area (Å²) in [5.41, 5.74) is 2.97. The summed E-state index contributed by atoms with van der Waals surface area (Å²) < 4.78 is 7.66. The van der Waals surface area contributed by atoms with Gasteiger partial charge in [-0.15, -0.1) is 0 Å². The average Bonchev–Trinajstić information content (AvgIpc) is 3.17. The summed E-state index contributed by atoms with van der Waals surface area (Å²) in [5, 5.41) is 3.84. The van der Waals surface area contributed by atoms with Crippen molar-refractivity contribution < 1.29 is 14.3 Å². The van der Waals surface area contributed by atoms with Gasteiger partial charge >= 0.3 is 0 Å². The Labute approximate surface area is 224 Å². The number of fused-ring (bicyclic) bond motifs is 1. The molecule has 8 nitrogen and oxygen atoms in total. The van der Waals surface area contributed by atoms with Gasteiger partial charge in [0, 0.05) is 46.8 Å². The van der Waals surface area contributed by atoms with Crippen LogP contribution in [0.1, 0.15) is 73.9 Å². The van der Waals surface area contributed by atoms with E-state index < -0.39 is 0 Å². The molecule has 0 aliphatic carbocycles. The van der Waals surface area contributed by atoms with Gasteiger partial charge in [0.05, 0.1) is 24.8 Å². The molecule has 0 saturated carbocycles. The fraction of sp³-hybridized carbons (Fsp3) is 0.500. The Hall–Kier alpha value is -3.55. The predicted octanol–water partition coefficient (Wildman–Crippen LogP) is 4.73. The van der Waals surface area contributed by atoms with Crippen LogP contribution in [0.25, 0.3) is 10.9 Å². The maximum atomic E-state index is 13.5. The number of hydrogen-bond donors (Lipinski definition) is 2. The SMILES string of the molecule is COc1cc(C)[nH]c(=O)c1CNC(=O)c1c(C)n([C@H](C)C2CCN(C(=O)C(C)(C)C)CC2)c2ccccc12. The van der Waals surface area contributed by atoms with Crippen LogP contribution in [-0.2, 0) is 11.3 Å². The van der Waals surface area contributed by atoms with Crippen LogP contribution < -0.4 is 15.6 Å². The summed E-state index contributed by atoms with van der Waals surface area (Å²) in [6, 6.07) is 9.88. The maximum absolute atomic E-state index is 13.5. The van der Waals surface area contributed by atoms with E-state index in [-0.39, 0.29) is 35.4 Å². The largest absolute Gasteiger partial charge is 0.496 e. The molecule has 3 aromatic rings. The Balaban J connectivity index is 1.58. The minimum Gasteiger partial charge on any atom is -0.496 e. The van der Waals surface area contributed by atoms with E-state index >= 15 is 0 Å². The summed E-state index contributed by atoms with van der Waals surface area (Å²) in [5.74, 6) is 0.821. The molecule has 1 aromatic carbocycles. The lowest BCUT2D eigenvalue weighted by atomic mass is 9.87. The number of hydrogen-bond acceptors (Lipinski definition) is 4. The fourth-order valence-corrected chi connectivity index (χ4v) is 5.77. The molecule has 8 heteroatoms. The van der Waals surface area contributed by atoms with Crippen molar-refractivity contribution in [2.75, 3.05) is 20.2 Å². The molecule has 2 amide bonds. The first-order valence-electron chi connectivity index (χ1n) is 13.4. The molecule has 1 saturated heterocycles. The Morgan fingerprint density at radius 3 is 2.45 bits per heavy atom. The molecule has 1 aliphatic rings. The molecule has 204 valence electrons. The zero-order chi connectivity index (χ0) is 27.8. The van der Waals surface area contributed by atoms with Crippen molar-refractivity contribution in [2.24, 2.45) is 11.3 Å². The first-order valence-corrected chi connectivity index (χ1v) is 13.4. The Bertz CT molecular complexity index is 1400. The quantitative estimate of drug-likeness (QED) is 0.491. The Morgan fingerprint density at radius 2 is 1.82 bits per heavy atom. The normalized spacial score (nSPS) is 15.5. The number of benzene rings is 1. The van der Waals surface area contributed by atoms with E-state index in [1.807, 2.05) is 50.8 Å². The third-order valence-electron chi connectivity index (χ3n) is 7.82. The first-order chi connectivity index (χ1) is 17.9. The molecule has 1 atom stereocenters. The zero-order valence-electron chi connectivity index (χ0n) is 23.6. The molecule has 0 bridgehead atoms. The number of pyridine rings is 1. The second-order valence-corrected chi connectivity index (χ2v) is 11.5. The minimum absolute atomic E-state index is 0.0619. The van der Waals surface area contributed by atoms with Crippen molar-refractivity contribution >= 4 is 22.7 Å². The smallest absolute Gasteiger partial charge is 0.256 e. The van der Waals surface area contributed by atoms with Crippen LogP contribution in [-0.4, -0.2) is 46.5 Å². The highest BCUT2D eigenvalue weighted by molar-refractivity contribution is 6.08. The number of nitrogens with zero attached hydrogens (tertiary/aromatic N) is 2. The number of amides is 2. The number of nitrogens with one attached hydrogen (secondary N) is 2. The van der Waals surface area contributed by atoms with Gasteiger partial charge in [0.25, 0.3) is 11.5 Å². The second kappa shape index (κ2) is 10.7. The number of aryl methyl sites for hydroxylation is 1. The number of likely N-dealkylation sites (tertiary alicyclic amines) is 1. The molecule has 2 aromatic heterocycles. The van der Waals surface area contributed by atoms with Crippen molar-refractivity contribution in [1.29, 1.82) is 0 Å². The average molecular weight is 521 g/mol. The van der Waals surface area contributed by atoms with Gasteiger partial charge < -0.3 is 24.5 Å². The van der Waals surface area contributed by atoms with E-state index in [1.54, 1.807) is 13.0 Å². The van der Waals surface area contributed by atoms with Crippen LogP contribution >= 0.6 is 0 Å². The van der Waals surface area contributed by atoms with Gasteiger partial charge in [0.15, 0.2) is 0 Å². The number of H-pyrrole nitrogens is 1. The van der Waals surface area contributed by atoms with Crippen LogP contribution in [0.15, 0.2) is 35.1 Å². The number of carbonyl (C=O) groups excluding carboxylic acids is 2. The number of rotatable bonds is 6. The van der Waals surface area contributed by atoms with E-state index in [9.17, 15) is 14.4 Å². The summed E-state index contributed by atoms with van der Waals surface area (Å²) in [6.07, 6.45) is 1.85. The van der Waals surface area contributed by atoms with Crippen molar-refractivity contribution in [3.8, 4) is 5.75 Å². The van der Waals surface area contributed by atoms with Crippen LogP contribution in [0.3, 0.4) is 0 Å². The molecule has 4 rings (SSSR count). The first kappa shape index (κ1) is 27.5. The van der Waals surface area contributed by atoms with Crippen LogP contribution in [0.5, 0.6) is 5.75 Å². The highest BCUT2D eigenvalue weighted by Crippen LogP contribution is 2.36. The fourth-order valence-electron chi connectivity index (χ4n) is 5.77. The number of carbonyl (C=O) groups is 2. The zero-order valence-corrected chi connectivity index (χ0v) is 23.6. The summed E-state index contributed by atoms with van der Waals surface area (Å²) in [4.78, 5) is 43.6. The van der Waals surface area contributed by atoms with Crippen molar-refractivity contribution in [2.45, 2.75) is 67.0 Å². The third kappa shape index (κ3) is 5.22. The third-order valence-corrected chi connectivity index (χ3v) is 7.82. The summed E-state index contributed by atoms with van der Waals surface area (Å²) in [6.45, 7) is 13.5. The number of piperidine rings is 1. The van der Waals surface area contributed by atoms with E-state index in [0.717, 1.165) is 42.5 Å². The van der Waals surface area contributed by atoms with Gasteiger partial charge in [-0.25, -0.2) is 0 Å². The van der Waals surface area contributed by atoms with E-state index in [1.165, 1.54) is 7.11 Å². The number of aromatic amines is 1. The van der Waals surface area contributed by atoms with Crippen molar-refractivity contribution in [3.63, 3.8) is 0 Å². The molecule has 1 aliphatic heterocycles. The van der Waals surface area contributed by atoms with Gasteiger partial charge in [-0.3, -0.25) is 14.4 Å². The molecule has 0 spiro atoms. The lowest BCUT2D eigenvalue weighted by Gasteiger charge is -2.38. The second-order valence-electron chi connectivity index (χ2n) is 11.5. The van der Waals surface area contributed by atoms with Gasteiger partial charge in [-0.1, -0.05) is 39.0 Å². The minimum atomic E-state index is -0.374. The summed E-state index contributed by atoms with van der Waals surface area (Å²) in [7, 11) is 1.52. The highest BCUT2D eigenvalue weighted by Gasteiger charge is 2.33. The van der Waals surface area contributed by atoms with Crippen LogP contribution in [0, 0.1) is 25.2 Å². The van der Waals surface area contributed by atoms with Gasteiger partial charge in [-0.2, -0.15) is 0 Å². The summed E-state index contributed by atoms with van der Waals surface area (Å²) >= 11 is 0. The molecule has 38 heavy (non-hydrogen) atoms. The number of methoxy groups -OCH3 is 1. The van der Waals surface area contributed by atoms with E-state index in [0.29, 0.717) is 28.5 Å². The molecular weight excluding hydrogens is 480 g/mol. The number of para-hydroxylation sites is 1. The monoisotopic (exact) mass is 520 g/mol. The van der Waals surface area contributed by atoms with Crippen molar-refractivity contribution in [3.05, 3.63) is 63.2 Å². The van der Waals surface area contributed by atoms with Gasteiger partial charge in [0.2, 0.25) is 5.91 Å². The number of aromatic nitrogens is 2. The van der Waals surface area contributed by atoms with E-state index in [2.05, 4.69) is 27.9 Å². The topological polar surface area (TPSA) is 96.4 Å². The lowest BCUT2D eigenvalue weighted by molar-refractivity contribution is -0.141. The van der Waals surface area contributed by atoms with Gasteiger partial charge in [-0.05, 0) is 51.7 Å². The molecule has 0 radical (unpaired) electrons. The Kier molecular flexibility index (Phi) is 7.72. The highest BCUT2D eigenvalue weighted by atomic mass is 16.5. The van der Waals surface area contributed by atoms with Crippen molar-refractivity contribution in [1.82, 2.24) is 19.8 Å². The molecular formula is C30H40N4O4. The van der Waals surface area contributed by atoms with Crippen LogP contribution in [0.2, 0.25) is 0 Å². The lowest BCUT2D eigenvalue weighted by Crippen LogP contribution is -2.45. The maximum Gasteiger partial charge on any atom is 0.256 e. The van der Waals surface area contributed by atoms with E-state index in [4.69, 9.17) is 4.74 Å². The molecule has 0 unspecified atom stereocenters.